The van der Waals surface area contributed by atoms with Gasteiger partial charge < -0.3 is 9.47 Å². The summed E-state index contributed by atoms with van der Waals surface area (Å²) >= 11 is 2.19. The Morgan fingerprint density at radius 2 is 2.07 bits per heavy atom. The van der Waals surface area contributed by atoms with E-state index in [1.807, 2.05) is 19.1 Å². The van der Waals surface area contributed by atoms with E-state index >= 15 is 0 Å². The summed E-state index contributed by atoms with van der Waals surface area (Å²) in [5, 5.41) is 6.96. The molecule has 1 aliphatic heterocycles. The Kier molecular flexibility index (Phi) is 5.65. The molecular formula is C20H18FIN4O3. The van der Waals surface area contributed by atoms with E-state index < -0.39 is 0 Å². The monoisotopic (exact) mass is 508 g/mol. The summed E-state index contributed by atoms with van der Waals surface area (Å²) in [4.78, 5) is 16.2. The predicted octanol–water partition coefficient (Wildman–Crippen LogP) is 3.93. The number of hydrogen-bond donors (Lipinski definition) is 1. The zero-order valence-corrected chi connectivity index (χ0v) is 17.7. The van der Waals surface area contributed by atoms with Crippen molar-refractivity contribution in [2.75, 3.05) is 11.9 Å². The highest BCUT2D eigenvalue weighted by atomic mass is 127. The van der Waals surface area contributed by atoms with Crippen molar-refractivity contribution < 1.29 is 18.7 Å². The lowest BCUT2D eigenvalue weighted by molar-refractivity contribution is -0.117. The molecule has 0 unspecified atom stereocenters. The molecule has 9 heteroatoms. The van der Waals surface area contributed by atoms with Gasteiger partial charge in [0.25, 0.3) is 0 Å². The van der Waals surface area contributed by atoms with E-state index in [0.29, 0.717) is 24.1 Å². The van der Waals surface area contributed by atoms with E-state index in [2.05, 4.69) is 38.0 Å². The third-order valence-corrected chi connectivity index (χ3v) is 5.31. The van der Waals surface area contributed by atoms with Gasteiger partial charge in [-0.2, -0.15) is 10.1 Å². The Morgan fingerprint density at radius 1 is 1.28 bits per heavy atom. The van der Waals surface area contributed by atoms with Crippen molar-refractivity contribution in [3.63, 3.8) is 0 Å². The number of nitrogens with zero attached hydrogens (tertiary/aromatic N) is 3. The molecule has 29 heavy (non-hydrogen) atoms. The van der Waals surface area contributed by atoms with Gasteiger partial charge in [-0.3, -0.25) is 10.1 Å². The van der Waals surface area contributed by atoms with Crippen LogP contribution in [0.3, 0.4) is 0 Å². The molecule has 1 aromatic heterocycles. The maximum absolute atomic E-state index is 13.1. The number of ether oxygens (including phenoxy) is 2. The molecular weight excluding hydrogens is 490 g/mol. The number of rotatable bonds is 6. The van der Waals surface area contributed by atoms with E-state index in [4.69, 9.17) is 9.47 Å². The molecule has 3 aromatic rings. The van der Waals surface area contributed by atoms with Gasteiger partial charge in [-0.05, 0) is 64.9 Å². The number of halogens is 2. The fourth-order valence-electron chi connectivity index (χ4n) is 3.18. The van der Waals surface area contributed by atoms with E-state index in [0.717, 1.165) is 14.7 Å². The number of amides is 1. The summed E-state index contributed by atoms with van der Waals surface area (Å²) in [5.41, 5.74) is 1.73. The molecule has 0 spiro atoms. The highest BCUT2D eigenvalue weighted by molar-refractivity contribution is 14.1. The number of anilines is 1. The zero-order valence-electron chi connectivity index (χ0n) is 15.6. The highest BCUT2D eigenvalue weighted by Gasteiger charge is 2.29. The SMILES string of the molecule is CCOc1cc([C@H]2CC(=O)Nc3ncnn32)cc(I)c1OCc1ccc(F)cc1. The molecule has 0 radical (unpaired) electrons. The molecule has 1 N–H and O–H groups in total. The first-order chi connectivity index (χ1) is 14.0. The summed E-state index contributed by atoms with van der Waals surface area (Å²) in [6.07, 6.45) is 1.68. The van der Waals surface area contributed by atoms with Gasteiger partial charge in [-0.1, -0.05) is 12.1 Å². The van der Waals surface area contributed by atoms with Gasteiger partial charge >= 0.3 is 0 Å². The van der Waals surface area contributed by atoms with Crippen molar-refractivity contribution in [3.8, 4) is 11.5 Å². The van der Waals surface area contributed by atoms with Gasteiger partial charge in [0.1, 0.15) is 18.8 Å². The number of benzene rings is 2. The summed E-state index contributed by atoms with van der Waals surface area (Å²) < 4.78 is 27.5. The summed E-state index contributed by atoms with van der Waals surface area (Å²) in [7, 11) is 0. The number of carbonyl (C=O) groups is 1. The maximum atomic E-state index is 13.1. The van der Waals surface area contributed by atoms with Crippen molar-refractivity contribution >= 4 is 34.4 Å². The molecule has 2 aromatic carbocycles. The second kappa shape index (κ2) is 8.36. The predicted molar refractivity (Wildman–Crippen MR) is 112 cm³/mol. The molecule has 0 saturated carbocycles. The van der Waals surface area contributed by atoms with Crippen LogP contribution in [0.25, 0.3) is 0 Å². The lowest BCUT2D eigenvalue weighted by Gasteiger charge is -2.25. The maximum Gasteiger partial charge on any atom is 0.229 e. The van der Waals surface area contributed by atoms with Gasteiger partial charge in [0.15, 0.2) is 11.5 Å². The molecule has 0 fully saturated rings. The van der Waals surface area contributed by atoms with E-state index in [1.165, 1.54) is 18.5 Å². The van der Waals surface area contributed by atoms with Crippen LogP contribution in [-0.4, -0.2) is 27.3 Å². The Hall–Kier alpha value is -2.69. The van der Waals surface area contributed by atoms with Gasteiger partial charge in [0.05, 0.1) is 22.6 Å². The zero-order chi connectivity index (χ0) is 20.4. The Bertz CT molecular complexity index is 1040. The van der Waals surface area contributed by atoms with Crippen molar-refractivity contribution in [1.82, 2.24) is 14.8 Å². The van der Waals surface area contributed by atoms with E-state index in [9.17, 15) is 9.18 Å². The van der Waals surface area contributed by atoms with Crippen LogP contribution in [0, 0.1) is 9.39 Å². The number of aromatic nitrogens is 3. The number of hydrogen-bond acceptors (Lipinski definition) is 5. The van der Waals surface area contributed by atoms with Crippen LogP contribution >= 0.6 is 22.6 Å². The van der Waals surface area contributed by atoms with Crippen LogP contribution in [0.5, 0.6) is 11.5 Å². The molecule has 7 nitrogen and oxygen atoms in total. The summed E-state index contributed by atoms with van der Waals surface area (Å²) in [6, 6.07) is 9.73. The average Bonchev–Trinajstić information content (AvgIpc) is 3.16. The number of fused-ring (bicyclic) bond motifs is 1. The fourth-order valence-corrected chi connectivity index (χ4v) is 3.97. The fraction of sp³-hybridized carbons (Fsp3) is 0.250. The molecule has 1 atom stereocenters. The quantitative estimate of drug-likeness (QED) is 0.511. The molecule has 2 heterocycles. The van der Waals surface area contributed by atoms with Crippen LogP contribution in [0.4, 0.5) is 10.3 Å². The minimum Gasteiger partial charge on any atom is -0.490 e. The van der Waals surface area contributed by atoms with Gasteiger partial charge in [-0.15, -0.1) is 0 Å². The van der Waals surface area contributed by atoms with Gasteiger partial charge in [-0.25, -0.2) is 9.07 Å². The van der Waals surface area contributed by atoms with Crippen LogP contribution in [0.15, 0.2) is 42.7 Å². The Labute approximate surface area is 180 Å². The molecule has 4 rings (SSSR count). The molecule has 0 bridgehead atoms. The van der Waals surface area contributed by atoms with Crippen molar-refractivity contribution in [2.24, 2.45) is 0 Å². The standard InChI is InChI=1S/C20H18FIN4O3/c1-2-28-17-8-13(16-9-18(27)25-20-23-11-24-26(16)20)7-15(22)19(17)29-10-12-3-5-14(21)6-4-12/h3-8,11,16H,2,9-10H2,1H3,(H,23,24,25,27)/t16-/m1/s1. The topological polar surface area (TPSA) is 78.3 Å². The highest BCUT2D eigenvalue weighted by Crippen LogP contribution is 2.39. The average molecular weight is 508 g/mol. The minimum atomic E-state index is -0.285. The van der Waals surface area contributed by atoms with Crippen LogP contribution in [-0.2, 0) is 11.4 Å². The third kappa shape index (κ3) is 4.19. The summed E-state index contributed by atoms with van der Waals surface area (Å²) in [5.74, 6) is 1.23. The van der Waals surface area contributed by atoms with Crippen LogP contribution in [0.2, 0.25) is 0 Å². The lowest BCUT2D eigenvalue weighted by Crippen LogP contribution is -2.29. The Morgan fingerprint density at radius 3 is 2.83 bits per heavy atom. The third-order valence-electron chi connectivity index (χ3n) is 4.51. The smallest absolute Gasteiger partial charge is 0.229 e. The van der Waals surface area contributed by atoms with E-state index in [-0.39, 0.29) is 30.8 Å². The summed E-state index contributed by atoms with van der Waals surface area (Å²) in [6.45, 7) is 2.65. The first-order valence-corrected chi connectivity index (χ1v) is 10.2. The normalized spacial score (nSPS) is 15.6. The molecule has 0 saturated heterocycles. The second-order valence-electron chi connectivity index (χ2n) is 6.47. The first-order valence-electron chi connectivity index (χ1n) is 9.08. The van der Waals surface area contributed by atoms with Crippen LogP contribution < -0.4 is 14.8 Å². The molecule has 150 valence electrons. The van der Waals surface area contributed by atoms with Crippen LogP contribution in [0.1, 0.15) is 30.5 Å². The van der Waals surface area contributed by atoms with Gasteiger partial charge in [0, 0.05) is 0 Å². The first kappa shape index (κ1) is 19.6. The molecule has 1 aliphatic rings. The molecule has 0 aliphatic carbocycles. The Balaban J connectivity index is 1.65. The largest absolute Gasteiger partial charge is 0.490 e. The number of carbonyl (C=O) groups excluding carboxylic acids is 1. The van der Waals surface area contributed by atoms with Crippen molar-refractivity contribution in [1.29, 1.82) is 0 Å². The van der Waals surface area contributed by atoms with Gasteiger partial charge in [0.2, 0.25) is 11.9 Å². The lowest BCUT2D eigenvalue weighted by atomic mass is 10.0. The molecule has 1 amide bonds. The van der Waals surface area contributed by atoms with E-state index in [1.54, 1.807) is 16.8 Å². The number of nitrogens with one attached hydrogen (secondary N) is 1. The van der Waals surface area contributed by atoms with Crippen molar-refractivity contribution in [3.05, 3.63) is 63.2 Å². The minimum absolute atomic E-state index is 0.111. The second-order valence-corrected chi connectivity index (χ2v) is 7.64. The van der Waals surface area contributed by atoms with Crippen molar-refractivity contribution in [2.45, 2.75) is 26.0 Å².